The molecular formula is C17H20N2O4S. The maximum Gasteiger partial charge on any atom is 0.264 e. The summed E-state index contributed by atoms with van der Waals surface area (Å²) in [4.78, 5) is 17.1. The molecule has 24 heavy (non-hydrogen) atoms. The van der Waals surface area contributed by atoms with Gasteiger partial charge in [0.1, 0.15) is 0 Å². The molecule has 0 atom stereocenters. The molecule has 0 aromatic heterocycles. The smallest absolute Gasteiger partial charge is 0.264 e. The average Bonchev–Trinajstić information content (AvgIpc) is 2.57. The van der Waals surface area contributed by atoms with Crippen LogP contribution >= 0.6 is 0 Å². The summed E-state index contributed by atoms with van der Waals surface area (Å²) in [5.74, 6) is -0.379. The van der Waals surface area contributed by atoms with Crippen LogP contribution in [0.2, 0.25) is 0 Å². The molecule has 0 saturated heterocycles. The molecule has 0 aliphatic carbocycles. The molecule has 1 N–H and O–H groups in total. The Morgan fingerprint density at radius 3 is 2.42 bits per heavy atom. The number of nitrogens with zero attached hydrogens (tertiary/aromatic N) is 1. The van der Waals surface area contributed by atoms with Crippen molar-refractivity contribution in [2.45, 2.75) is 18.7 Å². The SMILES string of the molecule is CON(C)S(=O)(=O)c1cccc(C(=O)Nc2ccc(C)c(C)c2)c1. The monoisotopic (exact) mass is 348 g/mol. The minimum atomic E-state index is -3.80. The molecule has 2 aromatic carbocycles. The van der Waals surface area contributed by atoms with Gasteiger partial charge >= 0.3 is 0 Å². The van der Waals surface area contributed by atoms with Crippen molar-refractivity contribution >= 4 is 21.6 Å². The van der Waals surface area contributed by atoms with Crippen molar-refractivity contribution in [2.24, 2.45) is 0 Å². The average molecular weight is 348 g/mol. The van der Waals surface area contributed by atoms with E-state index in [2.05, 4.69) is 5.32 Å². The van der Waals surface area contributed by atoms with E-state index in [-0.39, 0.29) is 16.4 Å². The predicted molar refractivity (Wildman–Crippen MR) is 92.3 cm³/mol. The van der Waals surface area contributed by atoms with Crippen LogP contribution in [0, 0.1) is 13.8 Å². The number of rotatable bonds is 5. The highest BCUT2D eigenvalue weighted by molar-refractivity contribution is 7.89. The molecule has 6 nitrogen and oxygen atoms in total. The summed E-state index contributed by atoms with van der Waals surface area (Å²) in [6.07, 6.45) is 0. The molecule has 0 heterocycles. The van der Waals surface area contributed by atoms with Crippen LogP contribution in [-0.2, 0) is 14.9 Å². The molecule has 1 amide bonds. The Kier molecular flexibility index (Phi) is 5.38. The van der Waals surface area contributed by atoms with Crippen LogP contribution in [0.1, 0.15) is 21.5 Å². The first-order valence-electron chi connectivity index (χ1n) is 7.27. The van der Waals surface area contributed by atoms with Gasteiger partial charge in [0.05, 0.1) is 12.0 Å². The fraction of sp³-hybridized carbons (Fsp3) is 0.235. The highest BCUT2D eigenvalue weighted by Gasteiger charge is 2.21. The van der Waals surface area contributed by atoms with E-state index in [1.165, 1.54) is 32.4 Å². The molecule has 2 rings (SSSR count). The summed E-state index contributed by atoms with van der Waals surface area (Å²) in [5, 5.41) is 2.77. The number of amides is 1. The minimum absolute atomic E-state index is 0.0143. The molecular weight excluding hydrogens is 328 g/mol. The molecule has 0 fully saturated rings. The summed E-state index contributed by atoms with van der Waals surface area (Å²) >= 11 is 0. The number of anilines is 1. The second-order valence-corrected chi connectivity index (χ2v) is 7.31. The zero-order chi connectivity index (χ0) is 17.9. The molecule has 0 radical (unpaired) electrons. The largest absolute Gasteiger partial charge is 0.322 e. The van der Waals surface area contributed by atoms with E-state index in [1.807, 2.05) is 26.0 Å². The van der Waals surface area contributed by atoms with Gasteiger partial charge in [0.2, 0.25) is 0 Å². The predicted octanol–water partition coefficient (Wildman–Crippen LogP) is 2.74. The van der Waals surface area contributed by atoms with Gasteiger partial charge in [-0.05, 0) is 55.3 Å². The minimum Gasteiger partial charge on any atom is -0.322 e. The number of carbonyl (C=O) groups is 1. The van der Waals surface area contributed by atoms with Gasteiger partial charge < -0.3 is 5.32 Å². The number of carbonyl (C=O) groups excluding carboxylic acids is 1. The maximum absolute atomic E-state index is 12.4. The molecule has 0 aliphatic rings. The lowest BCUT2D eigenvalue weighted by molar-refractivity contribution is -0.0258. The van der Waals surface area contributed by atoms with E-state index in [4.69, 9.17) is 4.84 Å². The highest BCUT2D eigenvalue weighted by Crippen LogP contribution is 2.18. The Morgan fingerprint density at radius 2 is 1.79 bits per heavy atom. The molecule has 128 valence electrons. The number of hydrogen-bond donors (Lipinski definition) is 1. The third kappa shape index (κ3) is 3.81. The molecule has 0 unspecified atom stereocenters. The van der Waals surface area contributed by atoms with Crippen molar-refractivity contribution in [3.05, 3.63) is 59.2 Å². The van der Waals surface area contributed by atoms with Crippen molar-refractivity contribution < 1.29 is 18.0 Å². The molecule has 0 saturated carbocycles. The lowest BCUT2D eigenvalue weighted by Gasteiger charge is -2.14. The van der Waals surface area contributed by atoms with Gasteiger partial charge in [-0.1, -0.05) is 16.6 Å². The Morgan fingerprint density at radius 1 is 1.08 bits per heavy atom. The van der Waals surface area contributed by atoms with Crippen LogP contribution in [0.15, 0.2) is 47.4 Å². The second-order valence-electron chi connectivity index (χ2n) is 5.38. The summed E-state index contributed by atoms with van der Waals surface area (Å²) in [6.45, 7) is 3.94. The van der Waals surface area contributed by atoms with Crippen molar-refractivity contribution in [1.82, 2.24) is 4.47 Å². The van der Waals surface area contributed by atoms with Crippen LogP contribution in [0.25, 0.3) is 0 Å². The van der Waals surface area contributed by atoms with Gasteiger partial charge in [0, 0.05) is 18.3 Å². The highest BCUT2D eigenvalue weighted by atomic mass is 32.2. The summed E-state index contributed by atoms with van der Waals surface area (Å²) in [5.41, 5.74) is 3.10. The quantitative estimate of drug-likeness (QED) is 0.843. The van der Waals surface area contributed by atoms with E-state index in [9.17, 15) is 13.2 Å². The van der Waals surface area contributed by atoms with Crippen molar-refractivity contribution in [3.8, 4) is 0 Å². The number of benzene rings is 2. The van der Waals surface area contributed by atoms with E-state index in [1.54, 1.807) is 12.1 Å². The van der Waals surface area contributed by atoms with Crippen molar-refractivity contribution in [3.63, 3.8) is 0 Å². The summed E-state index contributed by atoms with van der Waals surface area (Å²) in [7, 11) is -1.25. The molecule has 0 aliphatic heterocycles. The first kappa shape index (κ1) is 18.1. The second kappa shape index (κ2) is 7.12. The van der Waals surface area contributed by atoms with E-state index in [0.29, 0.717) is 5.69 Å². The van der Waals surface area contributed by atoms with E-state index in [0.717, 1.165) is 15.6 Å². The van der Waals surface area contributed by atoms with Gasteiger partial charge in [0.25, 0.3) is 15.9 Å². The third-order valence-electron chi connectivity index (χ3n) is 3.75. The first-order chi connectivity index (χ1) is 11.3. The fourth-order valence-corrected chi connectivity index (χ4v) is 3.09. The lowest BCUT2D eigenvalue weighted by Crippen LogP contribution is -2.26. The van der Waals surface area contributed by atoms with Crippen LogP contribution in [0.3, 0.4) is 0 Å². The van der Waals surface area contributed by atoms with Crippen LogP contribution in [0.5, 0.6) is 0 Å². The van der Waals surface area contributed by atoms with Gasteiger partial charge in [0.15, 0.2) is 0 Å². The molecule has 0 bridgehead atoms. The number of sulfonamides is 1. The fourth-order valence-electron chi connectivity index (χ4n) is 2.07. The van der Waals surface area contributed by atoms with E-state index >= 15 is 0 Å². The van der Waals surface area contributed by atoms with E-state index < -0.39 is 10.0 Å². The Labute approximate surface area is 142 Å². The zero-order valence-electron chi connectivity index (χ0n) is 14.0. The first-order valence-corrected chi connectivity index (χ1v) is 8.71. The standard InChI is InChI=1S/C17H20N2O4S/c1-12-8-9-15(10-13(12)2)18-17(20)14-6-5-7-16(11-14)24(21,22)19(3)23-4/h5-11H,1-4H3,(H,18,20). The Balaban J connectivity index is 2.28. The number of aryl methyl sites for hydroxylation is 2. The van der Waals surface area contributed by atoms with Gasteiger partial charge in [-0.25, -0.2) is 8.42 Å². The summed E-state index contributed by atoms with van der Waals surface area (Å²) < 4.78 is 25.2. The topological polar surface area (TPSA) is 75.7 Å². The maximum atomic E-state index is 12.4. The third-order valence-corrected chi connectivity index (χ3v) is 5.43. The molecule has 0 spiro atoms. The summed E-state index contributed by atoms with van der Waals surface area (Å²) in [6, 6.07) is 11.4. The Bertz CT molecular complexity index is 863. The van der Waals surface area contributed by atoms with Crippen molar-refractivity contribution in [1.29, 1.82) is 0 Å². The van der Waals surface area contributed by atoms with Gasteiger partial charge in [-0.2, -0.15) is 0 Å². The molecule has 2 aromatic rings. The number of hydrogen-bond acceptors (Lipinski definition) is 4. The van der Waals surface area contributed by atoms with Crippen LogP contribution < -0.4 is 5.32 Å². The van der Waals surface area contributed by atoms with Gasteiger partial charge in [-0.15, -0.1) is 0 Å². The van der Waals surface area contributed by atoms with Crippen LogP contribution in [0.4, 0.5) is 5.69 Å². The normalized spacial score (nSPS) is 11.5. The Hall–Kier alpha value is -2.22. The van der Waals surface area contributed by atoms with Gasteiger partial charge in [-0.3, -0.25) is 9.63 Å². The lowest BCUT2D eigenvalue weighted by atomic mass is 10.1. The number of hydroxylamine groups is 1. The molecule has 7 heteroatoms. The zero-order valence-corrected chi connectivity index (χ0v) is 14.8. The van der Waals surface area contributed by atoms with Crippen LogP contribution in [-0.4, -0.2) is 33.0 Å². The number of nitrogens with one attached hydrogen (secondary N) is 1. The van der Waals surface area contributed by atoms with Crippen molar-refractivity contribution in [2.75, 3.05) is 19.5 Å².